The molecule has 1 fully saturated rings. The second kappa shape index (κ2) is 9.72. The van der Waals surface area contributed by atoms with E-state index in [1.54, 1.807) is 46.9 Å². The van der Waals surface area contributed by atoms with Gasteiger partial charge >= 0.3 is 0 Å². The predicted octanol–water partition coefficient (Wildman–Crippen LogP) is -0.765. The molecule has 0 spiro atoms. The number of guanidine groups is 1. The molecule has 0 unspecified atom stereocenters. The minimum Gasteiger partial charge on any atom is -0.347 e. The summed E-state index contributed by atoms with van der Waals surface area (Å²) in [6, 6.07) is 0. The molecule has 1 heterocycles. The molecule has 0 aromatic heterocycles. The van der Waals surface area contributed by atoms with Crippen molar-refractivity contribution in [2.24, 2.45) is 4.99 Å². The van der Waals surface area contributed by atoms with Crippen LogP contribution in [0.1, 0.15) is 13.8 Å². The van der Waals surface area contributed by atoms with Gasteiger partial charge in [0, 0.05) is 41.3 Å². The van der Waals surface area contributed by atoms with E-state index >= 15 is 0 Å². The first-order valence-electron chi connectivity index (χ1n) is 8.03. The summed E-state index contributed by atoms with van der Waals surface area (Å²) in [4.78, 5) is 32.6. The third kappa shape index (κ3) is 6.56. The second-order valence-corrected chi connectivity index (χ2v) is 9.81. The van der Waals surface area contributed by atoms with Crippen molar-refractivity contribution in [3.05, 3.63) is 0 Å². The summed E-state index contributed by atoms with van der Waals surface area (Å²) in [5, 5.41) is 2.95. The highest BCUT2D eigenvalue weighted by atomic mass is 127. The first kappa shape index (κ1) is 24.9. The van der Waals surface area contributed by atoms with Crippen LogP contribution in [0.3, 0.4) is 0 Å². The quantitative estimate of drug-likeness (QED) is 0.308. The third-order valence-electron chi connectivity index (χ3n) is 4.10. The Labute approximate surface area is 173 Å². The van der Waals surface area contributed by atoms with Crippen LogP contribution in [0.5, 0.6) is 0 Å². The number of halogens is 1. The van der Waals surface area contributed by atoms with Gasteiger partial charge in [0.25, 0.3) is 0 Å². The van der Waals surface area contributed by atoms with Crippen LogP contribution in [-0.4, -0.2) is 106 Å². The number of sulfone groups is 1. The molecule has 0 atom stereocenters. The number of carbonyl (C=O) groups excluding carboxylic acids is 2. The molecule has 1 N–H and O–H groups in total. The number of likely N-dealkylation sites (N-methyl/N-ethyl adjacent to an activating group) is 2. The molecule has 0 aromatic carbocycles. The molecule has 26 heavy (non-hydrogen) atoms. The molecule has 1 aliphatic rings. The molecule has 0 radical (unpaired) electrons. The Morgan fingerprint density at radius 3 is 2.12 bits per heavy atom. The fraction of sp³-hybridized carbons (Fsp3) is 0.800. The van der Waals surface area contributed by atoms with E-state index in [1.165, 1.54) is 9.80 Å². The van der Waals surface area contributed by atoms with Gasteiger partial charge in [0.1, 0.15) is 6.54 Å². The normalized spacial score (nSPS) is 18.5. The Hall–Kier alpha value is -1.11. The molecule has 9 nitrogen and oxygen atoms in total. The van der Waals surface area contributed by atoms with Crippen LogP contribution in [-0.2, 0) is 19.4 Å². The smallest absolute Gasteiger partial charge is 0.243 e. The van der Waals surface area contributed by atoms with Crippen LogP contribution in [0.25, 0.3) is 0 Å². The Morgan fingerprint density at radius 1 is 1.12 bits per heavy atom. The van der Waals surface area contributed by atoms with Crippen molar-refractivity contribution in [1.29, 1.82) is 0 Å². The van der Waals surface area contributed by atoms with Gasteiger partial charge in [-0.3, -0.25) is 9.59 Å². The largest absolute Gasteiger partial charge is 0.347 e. The van der Waals surface area contributed by atoms with E-state index in [-0.39, 0.29) is 67.7 Å². The summed E-state index contributed by atoms with van der Waals surface area (Å²) in [6.07, 6.45) is 0. The first-order chi connectivity index (χ1) is 11.4. The summed E-state index contributed by atoms with van der Waals surface area (Å²) >= 11 is 0. The Morgan fingerprint density at radius 2 is 1.65 bits per heavy atom. The summed E-state index contributed by atoms with van der Waals surface area (Å²) in [5.41, 5.74) is 0. The lowest BCUT2D eigenvalue weighted by Crippen LogP contribution is -2.58. The van der Waals surface area contributed by atoms with Crippen molar-refractivity contribution >= 4 is 51.6 Å². The van der Waals surface area contributed by atoms with Gasteiger partial charge in [-0.05, 0) is 13.8 Å². The molecule has 0 aromatic rings. The van der Waals surface area contributed by atoms with Crippen molar-refractivity contribution in [3.8, 4) is 0 Å². The van der Waals surface area contributed by atoms with Gasteiger partial charge in [-0.15, -0.1) is 24.0 Å². The van der Waals surface area contributed by atoms with E-state index in [0.717, 1.165) is 0 Å². The van der Waals surface area contributed by atoms with E-state index in [0.29, 0.717) is 5.96 Å². The fourth-order valence-corrected chi connectivity index (χ4v) is 3.55. The van der Waals surface area contributed by atoms with E-state index in [1.807, 2.05) is 0 Å². The van der Waals surface area contributed by atoms with E-state index in [4.69, 9.17) is 0 Å². The predicted molar refractivity (Wildman–Crippen MR) is 113 cm³/mol. The van der Waals surface area contributed by atoms with E-state index in [2.05, 4.69) is 10.3 Å². The maximum atomic E-state index is 12.2. The van der Waals surface area contributed by atoms with Crippen molar-refractivity contribution in [2.75, 3.05) is 60.1 Å². The number of aliphatic imine (C=N–C) groups is 1. The average molecular weight is 503 g/mol. The minimum atomic E-state index is -3.19. The zero-order valence-corrected chi connectivity index (χ0v) is 19.4. The molecule has 1 saturated heterocycles. The van der Waals surface area contributed by atoms with Gasteiger partial charge in [0.15, 0.2) is 15.8 Å². The summed E-state index contributed by atoms with van der Waals surface area (Å²) in [7, 11) is 3.37. The van der Waals surface area contributed by atoms with Gasteiger partial charge in [-0.1, -0.05) is 0 Å². The lowest BCUT2D eigenvalue weighted by molar-refractivity contribution is -0.127. The zero-order chi connectivity index (χ0) is 19.4. The lowest BCUT2D eigenvalue weighted by Gasteiger charge is -2.39. The Balaban J connectivity index is 0.00000625. The van der Waals surface area contributed by atoms with Crippen LogP contribution in [0.4, 0.5) is 0 Å². The van der Waals surface area contributed by atoms with Crippen molar-refractivity contribution < 1.29 is 18.0 Å². The lowest BCUT2D eigenvalue weighted by atomic mass is 10.2. The topological polar surface area (TPSA) is 102 Å². The highest BCUT2D eigenvalue weighted by molar-refractivity contribution is 14.0. The number of hydrogen-bond acceptors (Lipinski definition) is 5. The fourth-order valence-electron chi connectivity index (χ4n) is 2.19. The molecule has 11 heteroatoms. The molecule has 1 rings (SSSR count). The van der Waals surface area contributed by atoms with Gasteiger partial charge < -0.3 is 20.0 Å². The third-order valence-corrected chi connectivity index (χ3v) is 6.64. The average Bonchev–Trinajstić information content (AvgIpc) is 2.49. The van der Waals surface area contributed by atoms with Gasteiger partial charge in [0.05, 0.1) is 17.0 Å². The molecular weight excluding hydrogens is 473 g/mol. The Bertz CT molecular complexity index is 646. The van der Waals surface area contributed by atoms with Gasteiger partial charge in [-0.25, -0.2) is 13.4 Å². The number of nitrogens with zero attached hydrogens (tertiary/aromatic N) is 4. The standard InChI is InChI=1S/C15H29N5O4S.HI/c1-15(2)11-20(7-8-25(15,23)24)14(16-9-12(21)18(3)4)17-10-13(22)19(5)6;/h7-11H2,1-6H3,(H,16,17);1H. The molecule has 0 aliphatic carbocycles. The molecular formula is C15H30IN5O4S. The summed E-state index contributed by atoms with van der Waals surface area (Å²) in [6.45, 7) is 3.79. The molecule has 152 valence electrons. The zero-order valence-electron chi connectivity index (χ0n) is 16.3. The number of nitrogens with one attached hydrogen (secondary N) is 1. The summed E-state index contributed by atoms with van der Waals surface area (Å²) in [5.74, 6) is 0.0512. The maximum absolute atomic E-state index is 12.2. The highest BCUT2D eigenvalue weighted by Crippen LogP contribution is 2.23. The summed E-state index contributed by atoms with van der Waals surface area (Å²) < 4.78 is 23.4. The van der Waals surface area contributed by atoms with Gasteiger partial charge in [-0.2, -0.15) is 0 Å². The molecule has 0 saturated carbocycles. The number of rotatable bonds is 4. The maximum Gasteiger partial charge on any atom is 0.243 e. The van der Waals surface area contributed by atoms with Crippen molar-refractivity contribution in [2.45, 2.75) is 18.6 Å². The van der Waals surface area contributed by atoms with Crippen LogP contribution in [0.15, 0.2) is 4.99 Å². The van der Waals surface area contributed by atoms with Crippen LogP contribution in [0.2, 0.25) is 0 Å². The number of hydrogen-bond donors (Lipinski definition) is 1. The minimum absolute atomic E-state index is 0. The van der Waals surface area contributed by atoms with E-state index < -0.39 is 14.6 Å². The second-order valence-electron chi connectivity index (χ2n) is 7.07. The van der Waals surface area contributed by atoms with E-state index in [9.17, 15) is 18.0 Å². The highest BCUT2D eigenvalue weighted by Gasteiger charge is 2.41. The van der Waals surface area contributed by atoms with Crippen LogP contribution < -0.4 is 5.32 Å². The van der Waals surface area contributed by atoms with Crippen LogP contribution >= 0.6 is 24.0 Å². The monoisotopic (exact) mass is 503 g/mol. The van der Waals surface area contributed by atoms with Crippen molar-refractivity contribution in [3.63, 3.8) is 0 Å². The van der Waals surface area contributed by atoms with Crippen molar-refractivity contribution in [1.82, 2.24) is 20.0 Å². The Kier molecular flexibility index (Phi) is 9.30. The first-order valence-corrected chi connectivity index (χ1v) is 9.68. The number of amides is 2. The SMILES string of the molecule is CN(C)C(=O)CN=C(NCC(=O)N(C)C)N1CCS(=O)(=O)C(C)(C)C1.I. The molecule has 2 amide bonds. The number of carbonyl (C=O) groups is 2. The molecule has 1 aliphatic heterocycles. The van der Waals surface area contributed by atoms with Gasteiger partial charge in [0.2, 0.25) is 11.8 Å². The van der Waals surface area contributed by atoms with Crippen LogP contribution in [0, 0.1) is 0 Å². The molecule has 0 bridgehead atoms.